The third kappa shape index (κ3) is 2.94. The van der Waals surface area contributed by atoms with Gasteiger partial charge < -0.3 is 0 Å². The molecule has 0 aromatic heterocycles. The predicted octanol–water partition coefficient (Wildman–Crippen LogP) is 1.75. The van der Waals surface area contributed by atoms with Crippen molar-refractivity contribution < 1.29 is 9.72 Å². The van der Waals surface area contributed by atoms with Crippen LogP contribution in [0.3, 0.4) is 0 Å². The number of carbonyl (C=O) groups is 1. The minimum absolute atomic E-state index is 0.111. The summed E-state index contributed by atoms with van der Waals surface area (Å²) in [7, 11) is 0. The normalized spacial score (nSPS) is 18.1. The fourth-order valence-corrected chi connectivity index (χ4v) is 3.54. The number of hydrogen-bond acceptors (Lipinski definition) is 7. The van der Waals surface area contributed by atoms with Crippen LogP contribution in [0.1, 0.15) is 11.7 Å². The number of rotatable bonds is 2. The summed E-state index contributed by atoms with van der Waals surface area (Å²) in [5, 5.41) is 21.8. The molecule has 2 aliphatic heterocycles. The molecule has 0 saturated heterocycles. The number of fused-ring (bicyclic) bond motifs is 2. The summed E-state index contributed by atoms with van der Waals surface area (Å²) in [6, 6.07) is 11.3. The fourth-order valence-electron chi connectivity index (χ4n) is 2.96. The first-order valence-corrected chi connectivity index (χ1v) is 9.44. The van der Waals surface area contributed by atoms with Crippen LogP contribution in [-0.2, 0) is 4.79 Å². The van der Waals surface area contributed by atoms with E-state index >= 15 is 0 Å². The van der Waals surface area contributed by atoms with Crippen LogP contribution in [0.5, 0.6) is 0 Å². The molecule has 0 fully saturated rings. The largest absolute Gasteiger partial charge is 0.298 e. The molecule has 0 radical (unpaired) electrons. The molecular weight excluding hydrogens is 390 g/mol. The van der Waals surface area contributed by atoms with E-state index in [1.807, 2.05) is 6.07 Å². The topological polar surface area (TPSA) is 100 Å². The summed E-state index contributed by atoms with van der Waals surface area (Å²) < 4.78 is 0. The summed E-state index contributed by atoms with van der Waals surface area (Å²) >= 11 is 7.60. The first kappa shape index (κ1) is 17.5. The molecule has 27 heavy (non-hydrogen) atoms. The van der Waals surface area contributed by atoms with E-state index in [1.54, 1.807) is 24.5 Å². The van der Waals surface area contributed by atoms with Crippen LogP contribution in [0.25, 0.3) is 5.70 Å². The van der Waals surface area contributed by atoms with E-state index < -0.39 is 11.1 Å². The Hall–Kier alpha value is -2.91. The SMILES string of the molecule is CSC1=NN2C(=c3ccccc3=N[C@@H]2c2cc([N+](=O)[O-])ccc2Cl)C(=O)N1. The number of nitro benzene ring substituents is 1. The number of carbonyl (C=O) groups excluding carboxylic acids is 1. The number of thioether (sulfide) groups is 1. The molecule has 0 spiro atoms. The summed E-state index contributed by atoms with van der Waals surface area (Å²) in [4.78, 5) is 28.1. The molecule has 136 valence electrons. The lowest BCUT2D eigenvalue weighted by Crippen LogP contribution is -2.50. The van der Waals surface area contributed by atoms with Gasteiger partial charge in [-0.25, -0.2) is 5.01 Å². The molecule has 0 unspecified atom stereocenters. The van der Waals surface area contributed by atoms with Crippen LogP contribution >= 0.6 is 23.4 Å². The Morgan fingerprint density at radius 2 is 2.07 bits per heavy atom. The number of amidine groups is 1. The highest BCUT2D eigenvalue weighted by molar-refractivity contribution is 8.13. The Kier molecular flexibility index (Phi) is 4.33. The van der Waals surface area contributed by atoms with Crippen LogP contribution in [0.15, 0.2) is 52.6 Å². The Labute approximate surface area is 162 Å². The van der Waals surface area contributed by atoms with Gasteiger partial charge in [-0.2, -0.15) is 0 Å². The summed E-state index contributed by atoms with van der Waals surface area (Å²) in [5.41, 5.74) is 0.614. The number of benzene rings is 2. The van der Waals surface area contributed by atoms with Crippen molar-refractivity contribution in [2.45, 2.75) is 6.17 Å². The summed E-state index contributed by atoms with van der Waals surface area (Å²) in [5.74, 6) is -0.316. The molecule has 1 amide bonds. The smallest absolute Gasteiger partial charge is 0.276 e. The van der Waals surface area contributed by atoms with Crippen molar-refractivity contribution >= 4 is 45.8 Å². The average molecular weight is 402 g/mol. The minimum Gasteiger partial charge on any atom is -0.298 e. The molecule has 2 heterocycles. The minimum atomic E-state index is -0.796. The predicted molar refractivity (Wildman–Crippen MR) is 102 cm³/mol. The van der Waals surface area contributed by atoms with E-state index in [-0.39, 0.29) is 11.6 Å². The molecule has 2 aromatic carbocycles. The standard InChI is InChI=1S/C17H12ClN5O3S/c1-27-17-20-16(24)14-10-4-2-3-5-13(10)19-15(22(14)21-17)11-8-9(23(25)26)6-7-12(11)18/h2-8,15H,1H3,(H,20,21,24)/t15-/m0/s1. The van der Waals surface area contributed by atoms with Crippen molar-refractivity contribution in [2.75, 3.05) is 6.26 Å². The molecule has 0 aliphatic carbocycles. The second kappa shape index (κ2) is 6.67. The quantitative estimate of drug-likeness (QED) is 0.610. The second-order valence-corrected chi connectivity index (χ2v) is 6.94. The van der Waals surface area contributed by atoms with Crippen molar-refractivity contribution in [3.8, 4) is 0 Å². The third-order valence-electron chi connectivity index (χ3n) is 4.18. The van der Waals surface area contributed by atoms with Gasteiger partial charge in [-0.1, -0.05) is 41.6 Å². The Bertz CT molecular complexity index is 1130. The van der Waals surface area contributed by atoms with Crippen LogP contribution in [0.4, 0.5) is 5.69 Å². The number of non-ortho nitro benzene ring substituents is 1. The van der Waals surface area contributed by atoms with Gasteiger partial charge in [0.15, 0.2) is 11.3 Å². The molecule has 0 bridgehead atoms. The zero-order chi connectivity index (χ0) is 19.1. The van der Waals surface area contributed by atoms with Gasteiger partial charge in [0.2, 0.25) is 0 Å². The number of nitrogens with one attached hydrogen (secondary N) is 1. The van der Waals surface area contributed by atoms with E-state index in [1.165, 1.54) is 35.0 Å². The van der Waals surface area contributed by atoms with Gasteiger partial charge in [-0.3, -0.25) is 25.2 Å². The molecule has 10 heteroatoms. The molecule has 2 aromatic rings. The van der Waals surface area contributed by atoms with Crippen molar-refractivity contribution in [1.82, 2.24) is 10.3 Å². The van der Waals surface area contributed by atoms with E-state index in [4.69, 9.17) is 11.6 Å². The molecule has 0 saturated carbocycles. The maximum absolute atomic E-state index is 12.7. The second-order valence-electron chi connectivity index (χ2n) is 5.74. The van der Waals surface area contributed by atoms with Crippen molar-refractivity contribution in [1.29, 1.82) is 0 Å². The van der Waals surface area contributed by atoms with E-state index in [0.29, 0.717) is 32.0 Å². The maximum atomic E-state index is 12.7. The summed E-state index contributed by atoms with van der Waals surface area (Å²) in [6.45, 7) is 0. The number of amides is 1. The van der Waals surface area contributed by atoms with Gasteiger partial charge >= 0.3 is 0 Å². The highest BCUT2D eigenvalue weighted by Gasteiger charge is 2.35. The molecule has 4 rings (SSSR count). The van der Waals surface area contributed by atoms with Gasteiger partial charge in [0.1, 0.15) is 5.70 Å². The lowest BCUT2D eigenvalue weighted by atomic mass is 10.1. The Morgan fingerprint density at radius 3 is 2.81 bits per heavy atom. The molecular formula is C17H12ClN5O3S. The Balaban J connectivity index is 2.00. The van der Waals surface area contributed by atoms with Crippen LogP contribution in [0, 0.1) is 10.1 Å². The number of para-hydroxylation sites is 1. The van der Waals surface area contributed by atoms with Crippen LogP contribution in [0.2, 0.25) is 5.02 Å². The Morgan fingerprint density at radius 1 is 1.30 bits per heavy atom. The average Bonchev–Trinajstić information content (AvgIpc) is 2.67. The van der Waals surface area contributed by atoms with Crippen LogP contribution in [-0.4, -0.2) is 27.3 Å². The van der Waals surface area contributed by atoms with Gasteiger partial charge in [-0.15, -0.1) is 5.10 Å². The van der Waals surface area contributed by atoms with Crippen LogP contribution < -0.4 is 15.9 Å². The molecule has 1 N–H and O–H groups in total. The lowest BCUT2D eigenvalue weighted by molar-refractivity contribution is -0.384. The van der Waals surface area contributed by atoms with Crippen molar-refractivity contribution in [3.63, 3.8) is 0 Å². The number of nitrogens with zero attached hydrogens (tertiary/aromatic N) is 4. The monoisotopic (exact) mass is 401 g/mol. The molecule has 8 nitrogen and oxygen atoms in total. The number of hydrazone groups is 1. The maximum Gasteiger partial charge on any atom is 0.276 e. The first-order valence-electron chi connectivity index (χ1n) is 7.84. The summed E-state index contributed by atoms with van der Waals surface area (Å²) in [6.07, 6.45) is 0.990. The lowest BCUT2D eigenvalue weighted by Gasteiger charge is -2.34. The van der Waals surface area contributed by atoms with E-state index in [2.05, 4.69) is 15.4 Å². The third-order valence-corrected chi connectivity index (χ3v) is 5.09. The zero-order valence-corrected chi connectivity index (χ0v) is 15.5. The molecule has 2 aliphatic rings. The highest BCUT2D eigenvalue weighted by atomic mass is 35.5. The van der Waals surface area contributed by atoms with Crippen molar-refractivity contribution in [3.05, 3.63) is 73.7 Å². The van der Waals surface area contributed by atoms with E-state index in [0.717, 1.165) is 0 Å². The zero-order valence-electron chi connectivity index (χ0n) is 13.9. The van der Waals surface area contributed by atoms with E-state index in [9.17, 15) is 14.9 Å². The van der Waals surface area contributed by atoms with Gasteiger partial charge in [-0.05, 0) is 18.4 Å². The van der Waals surface area contributed by atoms with Crippen molar-refractivity contribution in [2.24, 2.45) is 10.1 Å². The van der Waals surface area contributed by atoms with Gasteiger partial charge in [0.25, 0.3) is 11.6 Å². The van der Waals surface area contributed by atoms with Gasteiger partial charge in [0, 0.05) is 27.9 Å². The number of hydrogen-bond donors (Lipinski definition) is 1. The highest BCUT2D eigenvalue weighted by Crippen LogP contribution is 2.36. The fraction of sp³-hybridized carbons (Fsp3) is 0.118. The first-order chi connectivity index (χ1) is 13.0. The van der Waals surface area contributed by atoms with Gasteiger partial charge in [0.05, 0.1) is 10.3 Å². The number of halogens is 1. The number of nitro groups is 1. The molecule has 1 atom stereocenters.